The summed E-state index contributed by atoms with van der Waals surface area (Å²) in [4.78, 5) is 34.5. The molecule has 2 amide bonds. The highest BCUT2D eigenvalue weighted by atomic mass is 28.4. The van der Waals surface area contributed by atoms with Gasteiger partial charge in [-0.25, -0.2) is 0 Å². The molecule has 3 fully saturated rings. The molecule has 4 aliphatic rings. The van der Waals surface area contributed by atoms with Crippen molar-refractivity contribution in [2.45, 2.75) is 68.6 Å². The lowest BCUT2D eigenvalue weighted by atomic mass is 9.82. The van der Waals surface area contributed by atoms with Crippen LogP contribution < -0.4 is 20.0 Å². The summed E-state index contributed by atoms with van der Waals surface area (Å²) < 4.78 is 22.3. The number of halogens is 1. The molecule has 4 aliphatic heterocycles. The lowest BCUT2D eigenvalue weighted by Gasteiger charge is -2.39. The van der Waals surface area contributed by atoms with Crippen molar-refractivity contribution < 1.29 is 23.5 Å². The molecule has 10 heteroatoms. The van der Waals surface area contributed by atoms with E-state index in [0.29, 0.717) is 19.6 Å². The Morgan fingerprint density at radius 2 is 1.61 bits per heavy atom. The van der Waals surface area contributed by atoms with Crippen molar-refractivity contribution in [3.05, 3.63) is 90.0 Å². The Morgan fingerprint density at radius 3 is 2.28 bits per heavy atom. The number of aliphatic hydroxyl groups excluding tert-OH is 1. The molecule has 4 atom stereocenters. The number of piperidine rings is 1. The van der Waals surface area contributed by atoms with Gasteiger partial charge in [0.2, 0.25) is 8.41 Å². The number of rotatable bonds is 7. The number of nitrogens with zero attached hydrogens (tertiary/aromatic N) is 3. The standard InChI is InChI=1S/C36H43FN4O4Si/c1-25-32(46(2,3)37)31(17-22-42)45-36(25)29-11-7-8-12-30(29)39(34(36)44)23-26-13-15-27(16-14-26)40-24-41(28-9-5-4-6-10-28)35(33(40)43)18-20-38-21-19-35/h4-16,25,31-32,38,42H,17-24H2,1-3H3/t25-,31+,32-,36+/m0/s1. The fourth-order valence-electron chi connectivity index (χ4n) is 8.69. The molecule has 0 saturated carbocycles. The zero-order valence-electron chi connectivity index (χ0n) is 26.8. The number of carbonyl (C=O) groups is 2. The molecule has 0 bridgehead atoms. The van der Waals surface area contributed by atoms with Gasteiger partial charge in [-0.05, 0) is 81.3 Å². The molecule has 8 nitrogen and oxygen atoms in total. The summed E-state index contributed by atoms with van der Waals surface area (Å²) in [7, 11) is -3.24. The van der Waals surface area contributed by atoms with Gasteiger partial charge in [-0.15, -0.1) is 0 Å². The van der Waals surface area contributed by atoms with Crippen molar-refractivity contribution in [2.75, 3.05) is 41.1 Å². The highest BCUT2D eigenvalue weighted by Crippen LogP contribution is 2.60. The van der Waals surface area contributed by atoms with Gasteiger partial charge >= 0.3 is 0 Å². The Hall–Kier alpha value is -3.57. The summed E-state index contributed by atoms with van der Waals surface area (Å²) in [6, 6.07) is 25.7. The summed E-state index contributed by atoms with van der Waals surface area (Å²) in [6.45, 7) is 7.53. The number of para-hydroxylation sites is 2. The van der Waals surface area contributed by atoms with Crippen molar-refractivity contribution in [1.29, 1.82) is 0 Å². The van der Waals surface area contributed by atoms with E-state index in [0.717, 1.165) is 54.1 Å². The number of amides is 2. The van der Waals surface area contributed by atoms with Gasteiger partial charge < -0.3 is 29.1 Å². The lowest BCUT2D eigenvalue weighted by molar-refractivity contribution is -0.146. The predicted molar refractivity (Wildman–Crippen MR) is 180 cm³/mol. The first kappa shape index (κ1) is 31.0. The van der Waals surface area contributed by atoms with Gasteiger partial charge in [-0.1, -0.05) is 55.5 Å². The highest BCUT2D eigenvalue weighted by molar-refractivity contribution is 6.72. The van der Waals surface area contributed by atoms with Gasteiger partial charge in [0.15, 0.2) is 5.60 Å². The number of benzene rings is 3. The summed E-state index contributed by atoms with van der Waals surface area (Å²) in [6.07, 6.45) is 1.26. The number of ether oxygens (including phenoxy) is 1. The van der Waals surface area contributed by atoms with Crippen LogP contribution in [-0.2, 0) is 26.5 Å². The van der Waals surface area contributed by atoms with E-state index >= 15 is 4.11 Å². The van der Waals surface area contributed by atoms with Gasteiger partial charge in [0.1, 0.15) is 5.54 Å². The Kier molecular flexibility index (Phi) is 7.82. The third-order valence-electron chi connectivity index (χ3n) is 10.8. The number of fused-ring (bicyclic) bond motifs is 2. The Bertz CT molecular complexity index is 1610. The third kappa shape index (κ3) is 4.72. The first-order chi connectivity index (χ1) is 22.1. The fourth-order valence-corrected chi connectivity index (χ4v) is 11.2. The van der Waals surface area contributed by atoms with E-state index in [1.807, 2.05) is 78.6 Å². The highest BCUT2D eigenvalue weighted by Gasteiger charge is 2.66. The van der Waals surface area contributed by atoms with Crippen LogP contribution in [0.5, 0.6) is 0 Å². The van der Waals surface area contributed by atoms with Crippen molar-refractivity contribution in [3.8, 4) is 0 Å². The van der Waals surface area contributed by atoms with Gasteiger partial charge in [-0.2, -0.15) is 0 Å². The molecule has 2 N–H and O–H groups in total. The van der Waals surface area contributed by atoms with E-state index in [1.165, 1.54) is 0 Å². The molecule has 3 aromatic carbocycles. The first-order valence-electron chi connectivity index (χ1n) is 16.5. The first-order valence-corrected chi connectivity index (χ1v) is 19.4. The Balaban J connectivity index is 1.16. The minimum absolute atomic E-state index is 0.120. The second kappa shape index (κ2) is 11.6. The fraction of sp³-hybridized carbons (Fsp3) is 0.444. The van der Waals surface area contributed by atoms with Gasteiger partial charge in [0, 0.05) is 35.0 Å². The Labute approximate surface area is 271 Å². The molecule has 242 valence electrons. The number of hydrogen-bond donors (Lipinski definition) is 2. The topological polar surface area (TPSA) is 85.3 Å². The van der Waals surface area contributed by atoms with Crippen molar-refractivity contribution in [1.82, 2.24) is 5.32 Å². The zero-order chi connectivity index (χ0) is 32.3. The van der Waals surface area contributed by atoms with Crippen LogP contribution in [0.25, 0.3) is 0 Å². The van der Waals surface area contributed by atoms with Crippen molar-refractivity contribution in [2.24, 2.45) is 5.92 Å². The molecule has 2 spiro atoms. The average molecular weight is 643 g/mol. The maximum Gasteiger partial charge on any atom is 0.264 e. The predicted octanol–water partition coefficient (Wildman–Crippen LogP) is 5.32. The molecule has 3 aromatic rings. The van der Waals surface area contributed by atoms with Gasteiger partial charge in [-0.3, -0.25) is 14.5 Å². The summed E-state index contributed by atoms with van der Waals surface area (Å²) >= 11 is 0. The minimum atomic E-state index is -3.24. The monoisotopic (exact) mass is 642 g/mol. The molecule has 46 heavy (non-hydrogen) atoms. The second-order valence-corrected chi connectivity index (χ2v) is 17.6. The molecule has 0 aromatic heterocycles. The number of carbonyl (C=O) groups excluding carboxylic acids is 2. The van der Waals surface area contributed by atoms with E-state index in [4.69, 9.17) is 4.74 Å². The van der Waals surface area contributed by atoms with E-state index in [2.05, 4.69) is 22.3 Å². The number of aliphatic hydroxyl groups is 1. The molecule has 3 saturated heterocycles. The smallest absolute Gasteiger partial charge is 0.264 e. The number of nitrogens with one attached hydrogen (secondary N) is 1. The molecule has 0 radical (unpaired) electrons. The summed E-state index contributed by atoms with van der Waals surface area (Å²) in [5.41, 5.74) is 2.04. The molecule has 7 rings (SSSR count). The van der Waals surface area contributed by atoms with Crippen LogP contribution in [0.3, 0.4) is 0 Å². The van der Waals surface area contributed by atoms with Crippen LogP contribution in [0.15, 0.2) is 78.9 Å². The van der Waals surface area contributed by atoms with Crippen molar-refractivity contribution >= 4 is 37.3 Å². The van der Waals surface area contributed by atoms with Crippen LogP contribution >= 0.6 is 0 Å². The maximum atomic E-state index is 15.8. The largest absolute Gasteiger partial charge is 0.396 e. The van der Waals surface area contributed by atoms with Crippen LogP contribution in [0.2, 0.25) is 18.6 Å². The molecule has 0 unspecified atom stereocenters. The quantitative estimate of drug-likeness (QED) is 0.268. The number of hydrogen-bond acceptors (Lipinski definition) is 6. The third-order valence-corrected chi connectivity index (χ3v) is 13.3. The van der Waals surface area contributed by atoms with Gasteiger partial charge in [0.05, 0.1) is 25.0 Å². The SMILES string of the molecule is C[C@H]1[C@H]([Si](C)(C)F)[C@@H](CCO)O[C@]12C(=O)N(Cc1ccc(N3CN(c4ccccc4)C4(CCNCC4)C3=O)cc1)c1ccccc12. The second-order valence-electron chi connectivity index (χ2n) is 13.8. The average Bonchev–Trinajstić information content (AvgIpc) is 3.60. The molecule has 4 heterocycles. The maximum absolute atomic E-state index is 15.8. The van der Waals surface area contributed by atoms with Crippen LogP contribution in [0.4, 0.5) is 21.2 Å². The summed E-state index contributed by atoms with van der Waals surface area (Å²) in [5.74, 6) is -0.447. The van der Waals surface area contributed by atoms with Crippen LogP contribution in [-0.4, -0.2) is 63.3 Å². The molecule has 0 aliphatic carbocycles. The normalized spacial score (nSPS) is 27.3. The molecular weight excluding hydrogens is 600 g/mol. The number of anilines is 3. The molecular formula is C36H43FN4O4Si. The van der Waals surface area contributed by atoms with Crippen LogP contribution in [0, 0.1) is 5.92 Å². The summed E-state index contributed by atoms with van der Waals surface area (Å²) in [5, 5.41) is 13.2. The van der Waals surface area contributed by atoms with E-state index in [-0.39, 0.29) is 24.3 Å². The van der Waals surface area contributed by atoms with E-state index in [1.54, 1.807) is 18.0 Å². The lowest BCUT2D eigenvalue weighted by Crippen LogP contribution is -2.55. The van der Waals surface area contributed by atoms with E-state index in [9.17, 15) is 14.7 Å². The van der Waals surface area contributed by atoms with E-state index < -0.39 is 31.2 Å². The minimum Gasteiger partial charge on any atom is -0.396 e. The van der Waals surface area contributed by atoms with Crippen LogP contribution in [0.1, 0.15) is 37.3 Å². The van der Waals surface area contributed by atoms with Crippen molar-refractivity contribution in [3.63, 3.8) is 0 Å². The Morgan fingerprint density at radius 1 is 0.935 bits per heavy atom. The van der Waals surface area contributed by atoms with Gasteiger partial charge in [0.25, 0.3) is 11.8 Å². The zero-order valence-corrected chi connectivity index (χ0v) is 27.8.